The number of nitrogens with zero attached hydrogens (tertiary/aromatic N) is 3. The van der Waals surface area contributed by atoms with Crippen LogP contribution in [0.1, 0.15) is 32.9 Å². The van der Waals surface area contributed by atoms with Crippen LogP contribution in [0.2, 0.25) is 5.02 Å². The molecule has 0 atom stereocenters. The maximum absolute atomic E-state index is 12.6. The molecule has 1 amide bonds. The van der Waals surface area contributed by atoms with Crippen molar-refractivity contribution in [2.75, 3.05) is 10.6 Å². The number of carbonyl (C=O) groups excluding carboxylic acids is 1. The molecule has 0 aliphatic carbocycles. The topological polar surface area (TPSA) is 83.8 Å². The Morgan fingerprint density at radius 1 is 1.00 bits per heavy atom. The van der Waals surface area contributed by atoms with Gasteiger partial charge in [0.1, 0.15) is 0 Å². The average Bonchev–Trinajstić information content (AvgIpc) is 3.15. The van der Waals surface area contributed by atoms with E-state index in [9.17, 15) is 13.2 Å². The number of aryl methyl sites for hydroxylation is 1. The molecular weight excluding hydrogens is 508 g/mol. The second kappa shape index (κ2) is 11.0. The molecule has 0 saturated heterocycles. The number of hydrogen-bond acceptors (Lipinski definition) is 4. The molecule has 0 spiro atoms. The van der Waals surface area contributed by atoms with Gasteiger partial charge in [-0.1, -0.05) is 48.0 Å². The minimum atomic E-state index is -3.52. The number of aromatic nitrogens is 1. The molecule has 0 aliphatic heterocycles. The van der Waals surface area contributed by atoms with Crippen LogP contribution in [0.25, 0.3) is 5.69 Å². The van der Waals surface area contributed by atoms with Gasteiger partial charge in [0.25, 0.3) is 5.91 Å². The van der Waals surface area contributed by atoms with E-state index in [-0.39, 0.29) is 6.54 Å². The van der Waals surface area contributed by atoms with Gasteiger partial charge in [0.05, 0.1) is 24.7 Å². The standard InChI is InChI=1S/C28H27ClN4O3S/c1-20-16-24(21(2)33(20)27-11-7-10-25(29)17-27)18-30-31-28(34)23-12-14-26(15-13-23)32(37(3,35)36)19-22-8-5-4-6-9-22/h4-18H,19H2,1-3H3,(H,31,34)/b30-18+. The molecule has 37 heavy (non-hydrogen) atoms. The van der Waals surface area contributed by atoms with Crippen molar-refractivity contribution in [3.63, 3.8) is 0 Å². The first-order valence-electron chi connectivity index (χ1n) is 11.5. The summed E-state index contributed by atoms with van der Waals surface area (Å²) in [4.78, 5) is 12.6. The van der Waals surface area contributed by atoms with Gasteiger partial charge in [-0.15, -0.1) is 0 Å². The molecule has 7 nitrogen and oxygen atoms in total. The first-order valence-corrected chi connectivity index (χ1v) is 13.8. The number of hydrazone groups is 1. The SMILES string of the molecule is Cc1cc(/C=N/NC(=O)c2ccc(N(Cc3ccccc3)S(C)(=O)=O)cc2)c(C)n1-c1cccc(Cl)c1. The zero-order valence-electron chi connectivity index (χ0n) is 20.7. The van der Waals surface area contributed by atoms with Crippen LogP contribution in [0.5, 0.6) is 0 Å². The number of hydrogen-bond donors (Lipinski definition) is 1. The summed E-state index contributed by atoms with van der Waals surface area (Å²) in [5.74, 6) is -0.402. The smallest absolute Gasteiger partial charge is 0.271 e. The Bertz CT molecular complexity index is 1550. The summed E-state index contributed by atoms with van der Waals surface area (Å²) in [7, 11) is -3.52. The lowest BCUT2D eigenvalue weighted by Crippen LogP contribution is -2.29. The van der Waals surface area contributed by atoms with Crippen LogP contribution in [0.3, 0.4) is 0 Å². The molecule has 1 N–H and O–H groups in total. The number of anilines is 1. The number of benzene rings is 3. The number of halogens is 1. The highest BCUT2D eigenvalue weighted by molar-refractivity contribution is 7.92. The summed E-state index contributed by atoms with van der Waals surface area (Å²) in [6.45, 7) is 4.16. The first kappa shape index (κ1) is 26.2. The highest BCUT2D eigenvalue weighted by Gasteiger charge is 2.18. The predicted octanol–water partition coefficient (Wildman–Crippen LogP) is 5.48. The number of amides is 1. The largest absolute Gasteiger partial charge is 0.318 e. The fraction of sp³-hybridized carbons (Fsp3) is 0.143. The number of sulfonamides is 1. The van der Waals surface area contributed by atoms with Crippen LogP contribution in [0.15, 0.2) is 90.0 Å². The van der Waals surface area contributed by atoms with Crippen molar-refractivity contribution in [3.8, 4) is 5.69 Å². The number of carbonyl (C=O) groups is 1. The van der Waals surface area contributed by atoms with E-state index in [2.05, 4.69) is 15.1 Å². The van der Waals surface area contributed by atoms with Gasteiger partial charge in [-0.25, -0.2) is 13.8 Å². The van der Waals surface area contributed by atoms with Crippen molar-refractivity contribution < 1.29 is 13.2 Å². The van der Waals surface area contributed by atoms with E-state index in [0.29, 0.717) is 16.3 Å². The molecule has 1 aromatic heterocycles. The summed E-state index contributed by atoms with van der Waals surface area (Å²) >= 11 is 6.15. The predicted molar refractivity (Wildman–Crippen MR) is 149 cm³/mol. The molecule has 0 aliphatic rings. The van der Waals surface area contributed by atoms with Crippen molar-refractivity contribution in [1.29, 1.82) is 0 Å². The summed E-state index contributed by atoms with van der Waals surface area (Å²) in [6, 6.07) is 25.3. The molecule has 190 valence electrons. The van der Waals surface area contributed by atoms with Crippen LogP contribution in [0.4, 0.5) is 5.69 Å². The van der Waals surface area contributed by atoms with E-state index < -0.39 is 15.9 Å². The molecule has 4 rings (SSSR count). The molecule has 3 aromatic carbocycles. The summed E-state index contributed by atoms with van der Waals surface area (Å²) in [5.41, 5.74) is 8.00. The highest BCUT2D eigenvalue weighted by Crippen LogP contribution is 2.23. The Balaban J connectivity index is 1.46. The van der Waals surface area contributed by atoms with Gasteiger partial charge in [-0.2, -0.15) is 5.10 Å². The zero-order valence-corrected chi connectivity index (χ0v) is 22.3. The summed E-state index contributed by atoms with van der Waals surface area (Å²) < 4.78 is 28.2. The quantitative estimate of drug-likeness (QED) is 0.240. The van der Waals surface area contributed by atoms with Gasteiger partial charge in [0, 0.05) is 33.2 Å². The third-order valence-electron chi connectivity index (χ3n) is 5.89. The van der Waals surface area contributed by atoms with Crippen molar-refractivity contribution in [3.05, 3.63) is 118 Å². The second-order valence-corrected chi connectivity index (χ2v) is 11.0. The van der Waals surface area contributed by atoms with Crippen LogP contribution in [-0.2, 0) is 16.6 Å². The van der Waals surface area contributed by atoms with Crippen molar-refractivity contribution in [1.82, 2.24) is 9.99 Å². The third-order valence-corrected chi connectivity index (χ3v) is 7.27. The minimum absolute atomic E-state index is 0.198. The molecule has 4 aromatic rings. The molecule has 9 heteroatoms. The molecule has 0 bridgehead atoms. The van der Waals surface area contributed by atoms with E-state index in [1.165, 1.54) is 4.31 Å². The van der Waals surface area contributed by atoms with E-state index in [0.717, 1.165) is 34.5 Å². The number of nitrogens with one attached hydrogen (secondary N) is 1. The monoisotopic (exact) mass is 534 g/mol. The van der Waals surface area contributed by atoms with E-state index in [1.54, 1.807) is 30.5 Å². The molecule has 0 saturated carbocycles. The lowest BCUT2D eigenvalue weighted by atomic mass is 10.2. The minimum Gasteiger partial charge on any atom is -0.318 e. The van der Waals surface area contributed by atoms with Gasteiger partial charge >= 0.3 is 0 Å². The third kappa shape index (κ3) is 6.28. The summed E-state index contributed by atoms with van der Waals surface area (Å²) in [6.07, 6.45) is 2.76. The molecule has 0 fully saturated rings. The number of rotatable bonds is 8. The van der Waals surface area contributed by atoms with Crippen LogP contribution < -0.4 is 9.73 Å². The van der Waals surface area contributed by atoms with E-state index >= 15 is 0 Å². The van der Waals surface area contributed by atoms with Gasteiger partial charge < -0.3 is 4.57 Å². The van der Waals surface area contributed by atoms with Crippen molar-refractivity contribution in [2.45, 2.75) is 20.4 Å². The lowest BCUT2D eigenvalue weighted by molar-refractivity contribution is 0.0955. The molecule has 0 radical (unpaired) electrons. The maximum atomic E-state index is 12.6. The Morgan fingerprint density at radius 3 is 2.35 bits per heavy atom. The van der Waals surface area contributed by atoms with Gasteiger partial charge in [0.2, 0.25) is 10.0 Å². The van der Waals surface area contributed by atoms with Crippen molar-refractivity contribution in [2.24, 2.45) is 5.10 Å². The fourth-order valence-corrected chi connectivity index (χ4v) is 5.16. The lowest BCUT2D eigenvalue weighted by Gasteiger charge is -2.22. The first-order chi connectivity index (χ1) is 17.6. The summed E-state index contributed by atoms with van der Waals surface area (Å²) in [5, 5.41) is 4.78. The van der Waals surface area contributed by atoms with Crippen LogP contribution >= 0.6 is 11.6 Å². The fourth-order valence-electron chi connectivity index (χ4n) is 4.08. The van der Waals surface area contributed by atoms with E-state index in [1.807, 2.05) is 74.5 Å². The average molecular weight is 535 g/mol. The molecule has 1 heterocycles. The Labute approximate surface area is 222 Å². The Kier molecular flexibility index (Phi) is 7.80. The molecular formula is C28H27ClN4O3S. The Hall–Kier alpha value is -3.88. The van der Waals surface area contributed by atoms with Gasteiger partial charge in [-0.05, 0) is 67.9 Å². The molecule has 0 unspecified atom stereocenters. The maximum Gasteiger partial charge on any atom is 0.271 e. The normalized spacial score (nSPS) is 11.6. The second-order valence-electron chi connectivity index (χ2n) is 8.64. The Morgan fingerprint density at radius 2 is 1.70 bits per heavy atom. The van der Waals surface area contributed by atoms with Crippen molar-refractivity contribution >= 4 is 39.4 Å². The zero-order chi connectivity index (χ0) is 26.6. The van der Waals surface area contributed by atoms with Gasteiger partial charge in [0.15, 0.2) is 0 Å². The highest BCUT2D eigenvalue weighted by atomic mass is 35.5. The van der Waals surface area contributed by atoms with Crippen LogP contribution in [0, 0.1) is 13.8 Å². The van der Waals surface area contributed by atoms with Crippen LogP contribution in [-0.4, -0.2) is 31.4 Å². The van der Waals surface area contributed by atoms with Gasteiger partial charge in [-0.3, -0.25) is 9.10 Å². The van der Waals surface area contributed by atoms with E-state index in [4.69, 9.17) is 11.6 Å².